The molecule has 0 heterocycles. The molecule has 10 aromatic carbocycles. The van der Waals surface area contributed by atoms with Crippen LogP contribution in [0.1, 0.15) is 35.8 Å². The van der Waals surface area contributed by atoms with E-state index in [9.17, 15) is 5.48 Å². The molecule has 0 aliphatic heterocycles. The zero-order valence-corrected chi connectivity index (χ0v) is 23.3. The van der Waals surface area contributed by atoms with E-state index in [4.69, 9.17) is 19.2 Å². The van der Waals surface area contributed by atoms with E-state index in [1.807, 2.05) is 0 Å². The molecule has 0 aromatic heterocycles. The fourth-order valence-corrected chi connectivity index (χ4v) is 6.51. The predicted octanol–water partition coefficient (Wildman–Crippen LogP) is 12.4. The van der Waals surface area contributed by atoms with E-state index in [2.05, 4.69) is 0 Å². The summed E-state index contributed by atoms with van der Waals surface area (Å²) in [7, 11) is 0. The lowest BCUT2D eigenvalue weighted by molar-refractivity contribution is 1.22. The molecule has 0 radical (unpaired) electrons. The molecule has 0 N–H and O–H groups in total. The van der Waals surface area contributed by atoms with Gasteiger partial charge < -0.3 is 0 Å². The molecule has 208 valence electrons. The van der Waals surface area contributed by atoms with Crippen molar-refractivity contribution in [1.82, 2.24) is 0 Å². The molecule has 0 fully saturated rings. The van der Waals surface area contributed by atoms with Gasteiger partial charge >= 0.3 is 0 Å². The molecule has 0 spiro atoms. The molecule has 0 saturated carbocycles. The van der Waals surface area contributed by atoms with Crippen LogP contribution in [0.5, 0.6) is 0 Å². The molecule has 0 aliphatic rings. The Morgan fingerprint density at radius 1 is 0.378 bits per heavy atom. The average molecular weight is 587 g/mol. The lowest BCUT2D eigenvalue weighted by Gasteiger charge is -2.17. The highest BCUT2D eigenvalue weighted by Gasteiger charge is 2.15. The van der Waals surface area contributed by atoms with Crippen molar-refractivity contribution in [2.24, 2.45) is 0 Å². The second-order valence-electron chi connectivity index (χ2n) is 11.0. The van der Waals surface area contributed by atoms with Gasteiger partial charge in [0, 0.05) is 0 Å². The molecule has 0 saturated heterocycles. The highest BCUT2D eigenvalue weighted by atomic mass is 14.2. The van der Waals surface area contributed by atoms with Gasteiger partial charge in [0.15, 0.2) is 0 Å². The van der Waals surface area contributed by atoms with Crippen LogP contribution >= 0.6 is 0 Å². The molecule has 0 atom stereocenters. The summed E-state index contributed by atoms with van der Waals surface area (Å²) in [4.78, 5) is 0. The van der Waals surface area contributed by atoms with E-state index >= 15 is 0 Å². The molecular weight excluding hydrogens is 540 g/mol. The molecule has 10 aromatic rings. The Kier molecular flexibility index (Phi) is 2.73. The van der Waals surface area contributed by atoms with E-state index < -0.39 is 96.7 Å². The van der Waals surface area contributed by atoms with E-state index in [-0.39, 0.29) is 94.3 Å². The van der Waals surface area contributed by atoms with Crippen molar-refractivity contribution in [3.05, 3.63) is 168 Å². The van der Waals surface area contributed by atoms with Gasteiger partial charge in [-0.05, 0) is 111 Å². The SMILES string of the molecule is [2H]c1c([2H])c2c([2H])c([2H])c3c([2H])c([2H])c(Cc4ccccc4-c4cccc(-c5c([2H])c([2H])c6c([2H])c([2H])c7c([2H])c([2H])c([2H])c8c([2H])c([2H])c5c6c78)c4)c4c([2H])c([2H])c(c1[2H])c2c34. The first-order valence-electron chi connectivity index (χ1n) is 23.4. The fourth-order valence-electron chi connectivity index (χ4n) is 6.51. The summed E-state index contributed by atoms with van der Waals surface area (Å²) < 4.78 is 160. The van der Waals surface area contributed by atoms with Crippen molar-refractivity contribution in [2.45, 2.75) is 6.42 Å². The molecule has 45 heavy (non-hydrogen) atoms. The van der Waals surface area contributed by atoms with Gasteiger partial charge in [-0.2, -0.15) is 0 Å². The third-order valence-electron chi connectivity index (χ3n) is 8.55. The minimum Gasteiger partial charge on any atom is -0.0619 e. The third kappa shape index (κ3) is 3.66. The van der Waals surface area contributed by atoms with Crippen molar-refractivity contribution in [2.75, 3.05) is 0 Å². The highest BCUT2D eigenvalue weighted by Crippen LogP contribution is 2.41. The zero-order chi connectivity index (χ0) is 45.1. The van der Waals surface area contributed by atoms with E-state index in [0.717, 1.165) is 0 Å². The summed E-state index contributed by atoms with van der Waals surface area (Å²) in [5.74, 6) is 0. The Morgan fingerprint density at radius 2 is 0.889 bits per heavy atom. The summed E-state index contributed by atoms with van der Waals surface area (Å²) in [6.45, 7) is 0. The summed E-state index contributed by atoms with van der Waals surface area (Å²) in [6, 6.07) is 5.64. The topological polar surface area (TPSA) is 0 Å². The lowest BCUT2D eigenvalue weighted by atomic mass is 9.87. The van der Waals surface area contributed by atoms with Gasteiger partial charge in [-0.25, -0.2) is 0 Å². The van der Waals surface area contributed by atoms with Crippen molar-refractivity contribution in [3.8, 4) is 22.3 Å². The number of benzene rings is 10. The monoisotopic (exact) mass is 586 g/mol. The van der Waals surface area contributed by atoms with E-state index in [0.29, 0.717) is 22.3 Å². The zero-order valence-electron chi connectivity index (χ0n) is 41.3. The van der Waals surface area contributed by atoms with Gasteiger partial charge in [-0.1, -0.05) is 151 Å². The smallest absolute Gasteiger partial charge is 0.0619 e. The summed E-state index contributed by atoms with van der Waals surface area (Å²) >= 11 is 0. The Morgan fingerprint density at radius 3 is 1.58 bits per heavy atom. The van der Waals surface area contributed by atoms with Gasteiger partial charge in [0.1, 0.15) is 0 Å². The Balaban J connectivity index is 1.23. The van der Waals surface area contributed by atoms with E-state index in [1.165, 1.54) is 0 Å². The molecule has 0 amide bonds. The van der Waals surface area contributed by atoms with Gasteiger partial charge in [0.2, 0.25) is 0 Å². The largest absolute Gasteiger partial charge is 0.0630 e. The molecule has 0 unspecified atom stereocenters. The van der Waals surface area contributed by atoms with Gasteiger partial charge in [0.25, 0.3) is 0 Å². The summed E-state index contributed by atoms with van der Waals surface area (Å²) in [5, 5.41) is -0.520. The molecule has 0 nitrogen and oxygen atoms in total. The fraction of sp³-hybridized carbons (Fsp3) is 0.0222. The van der Waals surface area contributed by atoms with Crippen LogP contribution in [0, 0.1) is 0 Å². The van der Waals surface area contributed by atoms with Crippen LogP contribution in [0.4, 0.5) is 0 Å². The minimum absolute atomic E-state index is 0.0161. The third-order valence-corrected chi connectivity index (χ3v) is 8.55. The van der Waals surface area contributed by atoms with E-state index in [1.54, 1.807) is 48.5 Å². The number of hydrogen-bond acceptors (Lipinski definition) is 0. The van der Waals surface area contributed by atoms with Crippen LogP contribution in [0.3, 0.4) is 0 Å². The second kappa shape index (κ2) is 9.39. The molecule has 0 bridgehead atoms. The van der Waals surface area contributed by atoms with Crippen LogP contribution in [0.2, 0.25) is 0 Å². The molecule has 0 heteroatoms. The predicted molar refractivity (Wildman–Crippen MR) is 194 cm³/mol. The summed E-state index contributed by atoms with van der Waals surface area (Å²) in [5.41, 5.74) is 2.30. The average Bonchev–Trinajstić information content (AvgIpc) is 3.26. The second-order valence-corrected chi connectivity index (χ2v) is 11.0. The van der Waals surface area contributed by atoms with Crippen LogP contribution in [0.25, 0.3) is 86.9 Å². The van der Waals surface area contributed by atoms with Crippen molar-refractivity contribution in [3.63, 3.8) is 0 Å². The molecule has 0 aliphatic carbocycles. The Labute approximate surface area is 286 Å². The van der Waals surface area contributed by atoms with Crippen LogP contribution in [-0.2, 0) is 6.42 Å². The van der Waals surface area contributed by atoms with Crippen molar-refractivity contribution >= 4 is 64.6 Å². The van der Waals surface area contributed by atoms with Crippen LogP contribution in [0.15, 0.2) is 157 Å². The maximum absolute atomic E-state index is 9.28. The quantitative estimate of drug-likeness (QED) is 0.180. The van der Waals surface area contributed by atoms with Crippen LogP contribution < -0.4 is 0 Å². The molecular formula is C45H28. The number of rotatable bonds is 4. The normalized spacial score (nSPS) is 17.7. The minimum atomic E-state index is -0.562. The lowest BCUT2D eigenvalue weighted by Crippen LogP contribution is -1.95. The first-order chi connectivity index (χ1) is 29.8. The Hall–Kier alpha value is -5.72. The molecule has 10 rings (SSSR count). The highest BCUT2D eigenvalue weighted by molar-refractivity contribution is 6.26. The van der Waals surface area contributed by atoms with Crippen molar-refractivity contribution in [1.29, 1.82) is 0 Å². The Bertz CT molecular complexity index is 3690. The van der Waals surface area contributed by atoms with Gasteiger partial charge in [0.05, 0.1) is 24.7 Å². The number of hydrogen-bond donors (Lipinski definition) is 0. The maximum Gasteiger partial charge on any atom is 0.0630 e. The first kappa shape index (κ1) is 13.1. The first-order valence-corrected chi connectivity index (χ1v) is 14.4. The van der Waals surface area contributed by atoms with Crippen LogP contribution in [-0.4, -0.2) is 0 Å². The van der Waals surface area contributed by atoms with Gasteiger partial charge in [-0.15, -0.1) is 0 Å². The maximum atomic E-state index is 9.28. The van der Waals surface area contributed by atoms with Crippen molar-refractivity contribution < 1.29 is 24.7 Å². The summed E-state index contributed by atoms with van der Waals surface area (Å²) in [6.07, 6.45) is -0.0835. The standard InChI is InChI=1S/C45H28/c1-2-13-38(34(6-1)27-37-19-18-32-16-14-28-7-3-9-30-21-24-40(37)44(32)42(28)30)35-11-5-12-36(26-35)39-23-20-33-17-15-29-8-4-10-31-22-25-41(39)45(33)43(29)31/h1-26H,27H2/i3D,4D,7D,8D,9D,10D,14D,15D,16D,17D,18D,19D,20D,21D,22D,23D,24D,25D. The van der Waals surface area contributed by atoms with Gasteiger partial charge in [-0.3, -0.25) is 0 Å².